The van der Waals surface area contributed by atoms with Gasteiger partial charge in [0, 0.05) is 81.9 Å². The van der Waals surface area contributed by atoms with Crippen LogP contribution in [0.2, 0.25) is 0 Å². The Morgan fingerprint density at radius 2 is 0.727 bits per heavy atom. The van der Waals surface area contributed by atoms with Crippen LogP contribution in [0.3, 0.4) is 0 Å². The van der Waals surface area contributed by atoms with Crippen molar-refractivity contribution in [2.75, 3.05) is 0 Å². The second-order valence-electron chi connectivity index (χ2n) is 18.3. The van der Waals surface area contributed by atoms with Gasteiger partial charge in [-0.1, -0.05) is 82.9 Å². The highest BCUT2D eigenvalue weighted by molar-refractivity contribution is 5.83. The Balaban J connectivity index is 0.000000119. The minimum absolute atomic E-state index is 0.957. The second-order valence-corrected chi connectivity index (χ2v) is 18.3. The van der Waals surface area contributed by atoms with Gasteiger partial charge >= 0.3 is 0 Å². The maximum Gasteiger partial charge on any atom is 0.116 e. The molecule has 8 aromatic heterocycles. The van der Waals surface area contributed by atoms with Crippen LogP contribution in [0.15, 0.2) is 226 Å². The highest BCUT2D eigenvalue weighted by atomic mass is 15.1. The fraction of sp³-hybridized carbons (Fsp3) is 0.108. The van der Waals surface area contributed by atoms with Crippen molar-refractivity contribution in [3.8, 4) is 0 Å². The van der Waals surface area contributed by atoms with Gasteiger partial charge in [0.25, 0.3) is 0 Å². The van der Waals surface area contributed by atoms with Crippen LogP contribution in [0.1, 0.15) is 38.9 Å². The third-order valence-electron chi connectivity index (χ3n) is 11.8. The predicted octanol–water partition coefficient (Wildman–Crippen LogP) is 14.8. The Labute approximate surface area is 448 Å². The molecule has 14 aromatic rings. The van der Waals surface area contributed by atoms with E-state index >= 15 is 0 Å². The topological polar surface area (TPSA) is 155 Å². The van der Waals surface area contributed by atoms with Gasteiger partial charge in [-0.2, -0.15) is 20.4 Å². The number of hydrogen-bond donors (Lipinski definition) is 0. The molecule has 0 bridgehead atoms. The SMILES string of the molecule is Cc1ccc2cccnc2c1.Cc1ccc2ccncc2c1.Cc1ccc2cnncc2c1.Cc1ccc2nccnc2c1.Cc1ccc2ncncc2c1.Cc1ccc2nnccc2c1.Cc1cnc2cccnc2c1. The molecule has 0 saturated carbocycles. The van der Waals surface area contributed by atoms with Gasteiger partial charge < -0.3 is 0 Å². The minimum atomic E-state index is 0.957. The zero-order chi connectivity index (χ0) is 53.8. The third kappa shape index (κ3) is 16.0. The van der Waals surface area contributed by atoms with E-state index in [9.17, 15) is 0 Å². The molecule has 8 heterocycles. The first-order valence-electron chi connectivity index (χ1n) is 25.0. The molecule has 0 saturated heterocycles. The van der Waals surface area contributed by atoms with Gasteiger partial charge in [0.15, 0.2) is 0 Å². The maximum atomic E-state index is 4.24. The second kappa shape index (κ2) is 26.8. The molecule has 0 fully saturated rings. The summed E-state index contributed by atoms with van der Waals surface area (Å²) in [6.07, 6.45) is 21.2. The van der Waals surface area contributed by atoms with E-state index in [0.717, 1.165) is 65.7 Å². The molecule has 0 spiro atoms. The number of fused-ring (bicyclic) bond motifs is 7. The molecule has 0 amide bonds. The smallest absolute Gasteiger partial charge is 0.116 e. The summed E-state index contributed by atoms with van der Waals surface area (Å²) in [4.78, 5) is 33.1. The van der Waals surface area contributed by atoms with Crippen molar-refractivity contribution in [1.82, 2.24) is 60.3 Å². The summed E-state index contributed by atoms with van der Waals surface area (Å²) < 4.78 is 0. The molecule has 77 heavy (non-hydrogen) atoms. The highest BCUT2D eigenvalue weighted by Gasteiger charge is 1.97. The predicted molar refractivity (Wildman–Crippen MR) is 314 cm³/mol. The van der Waals surface area contributed by atoms with E-state index in [2.05, 4.69) is 174 Å². The molecule has 0 atom stereocenters. The van der Waals surface area contributed by atoms with Gasteiger partial charge in [-0.15, -0.1) is 0 Å². The number of rotatable bonds is 0. The van der Waals surface area contributed by atoms with Crippen LogP contribution in [0, 0.1) is 48.5 Å². The van der Waals surface area contributed by atoms with Crippen LogP contribution in [0.25, 0.3) is 76.3 Å². The summed E-state index contributed by atoms with van der Waals surface area (Å²) in [6.45, 7) is 14.4. The van der Waals surface area contributed by atoms with Crippen molar-refractivity contribution in [2.45, 2.75) is 48.5 Å². The molecule has 0 unspecified atom stereocenters. The normalized spacial score (nSPS) is 10.3. The summed E-state index contributed by atoms with van der Waals surface area (Å²) in [7, 11) is 0. The van der Waals surface area contributed by atoms with E-state index in [1.807, 2.05) is 118 Å². The summed E-state index contributed by atoms with van der Waals surface area (Å²) >= 11 is 0. The lowest BCUT2D eigenvalue weighted by Crippen LogP contribution is -1.82. The Bertz CT molecular complexity index is 3430. The van der Waals surface area contributed by atoms with Crippen molar-refractivity contribution >= 4 is 76.3 Å². The van der Waals surface area contributed by atoms with Crippen molar-refractivity contribution in [3.63, 3.8) is 0 Å². The molecule has 12 nitrogen and oxygen atoms in total. The molecular weight excluding hydrogens is 949 g/mol. The molecule has 378 valence electrons. The molecule has 12 heteroatoms. The van der Waals surface area contributed by atoms with Crippen molar-refractivity contribution in [1.29, 1.82) is 0 Å². The summed E-state index contributed by atoms with van der Waals surface area (Å²) in [6, 6.07) is 51.1. The van der Waals surface area contributed by atoms with Crippen molar-refractivity contribution in [2.24, 2.45) is 0 Å². The van der Waals surface area contributed by atoms with Gasteiger partial charge in [0.1, 0.15) is 6.33 Å². The first-order valence-corrected chi connectivity index (χ1v) is 25.0. The van der Waals surface area contributed by atoms with Gasteiger partial charge in [-0.25, -0.2) is 9.97 Å². The van der Waals surface area contributed by atoms with Crippen LogP contribution in [-0.2, 0) is 0 Å². The summed E-state index contributed by atoms with van der Waals surface area (Å²) in [5, 5.41) is 23.6. The first-order chi connectivity index (χ1) is 37.5. The zero-order valence-electron chi connectivity index (χ0n) is 44.2. The van der Waals surface area contributed by atoms with E-state index < -0.39 is 0 Å². The molecule has 14 rings (SSSR count). The number of hydrogen-bond acceptors (Lipinski definition) is 12. The third-order valence-corrected chi connectivity index (χ3v) is 11.8. The maximum absolute atomic E-state index is 4.24. The standard InChI is InChI=1S/2C10H9N.5C9H8N2/c1-8-2-3-9-4-5-11-7-10(9)6-8;1-8-4-5-9-3-2-6-11-10(9)7-8;1-7-2-3-9-8(4-7)5-10-6-11-9;1-7-2-3-8-5-10-11-6-9(8)4-7;1-7-2-3-9-8(6-7)4-5-10-11-9;1-7-2-3-8-9(6-7)11-5-4-10-8;1-7-5-9-8(11-6-7)3-2-4-10-9/h2*2-7H,1H3;5*2-6H,1H3. The minimum Gasteiger partial charge on any atom is -0.264 e. The average Bonchev–Trinajstić information content (AvgIpc) is 3.46. The first kappa shape index (κ1) is 53.4. The molecule has 6 aromatic carbocycles. The summed E-state index contributed by atoms with van der Waals surface area (Å²) in [5.74, 6) is 0. The average molecular weight is 1010 g/mol. The molecule has 0 N–H and O–H groups in total. The van der Waals surface area contributed by atoms with Crippen LogP contribution in [-0.4, -0.2) is 60.3 Å². The van der Waals surface area contributed by atoms with E-state index in [0.29, 0.717) is 0 Å². The van der Waals surface area contributed by atoms with Crippen LogP contribution < -0.4 is 0 Å². The lowest BCUT2D eigenvalue weighted by molar-refractivity contribution is 1.05. The molecule has 0 radical (unpaired) electrons. The molecule has 0 aliphatic heterocycles. The summed E-state index contributed by atoms with van der Waals surface area (Å²) in [5.41, 5.74) is 15.5. The highest BCUT2D eigenvalue weighted by Crippen LogP contribution is 2.16. The van der Waals surface area contributed by atoms with Crippen LogP contribution >= 0.6 is 0 Å². The number of pyridine rings is 4. The fourth-order valence-electron chi connectivity index (χ4n) is 7.83. The number of benzene rings is 6. The van der Waals surface area contributed by atoms with E-state index in [1.165, 1.54) is 49.5 Å². The molecule has 0 aliphatic carbocycles. The van der Waals surface area contributed by atoms with E-state index in [1.54, 1.807) is 43.5 Å². The van der Waals surface area contributed by atoms with Crippen LogP contribution in [0.5, 0.6) is 0 Å². The van der Waals surface area contributed by atoms with Crippen molar-refractivity contribution in [3.05, 3.63) is 265 Å². The largest absolute Gasteiger partial charge is 0.264 e. The quantitative estimate of drug-likeness (QED) is 0.142. The van der Waals surface area contributed by atoms with Gasteiger partial charge in [-0.3, -0.25) is 29.9 Å². The monoisotopic (exact) mass is 1010 g/mol. The Kier molecular flexibility index (Phi) is 18.6. The Morgan fingerprint density at radius 1 is 0.234 bits per heavy atom. The van der Waals surface area contributed by atoms with Gasteiger partial charge in [0.2, 0.25) is 0 Å². The fourth-order valence-corrected chi connectivity index (χ4v) is 7.83. The Morgan fingerprint density at radius 3 is 1.47 bits per heavy atom. The van der Waals surface area contributed by atoms with Gasteiger partial charge in [0.05, 0.1) is 57.2 Å². The lowest BCUT2D eigenvalue weighted by atomic mass is 10.1. The van der Waals surface area contributed by atoms with E-state index in [4.69, 9.17) is 0 Å². The number of nitrogens with zero attached hydrogens (tertiary/aromatic N) is 12. The van der Waals surface area contributed by atoms with E-state index in [-0.39, 0.29) is 0 Å². The zero-order valence-corrected chi connectivity index (χ0v) is 44.2. The van der Waals surface area contributed by atoms with Crippen LogP contribution in [0.4, 0.5) is 0 Å². The van der Waals surface area contributed by atoms with Gasteiger partial charge in [-0.05, 0) is 162 Å². The lowest BCUT2D eigenvalue weighted by Gasteiger charge is -1.96. The number of aromatic nitrogens is 12. The number of aryl methyl sites for hydroxylation is 7. The molecule has 0 aliphatic rings. The Hall–Kier alpha value is -9.94. The van der Waals surface area contributed by atoms with Crippen molar-refractivity contribution < 1.29 is 0 Å². The molecular formula is C65H58N12.